The first-order chi connectivity index (χ1) is 34.3. The van der Waals surface area contributed by atoms with Crippen molar-refractivity contribution in [2.45, 2.75) is 0 Å². The number of hydrogen-bond acceptors (Lipinski definition) is 3. The summed E-state index contributed by atoms with van der Waals surface area (Å²) >= 11 is 0.693. The van der Waals surface area contributed by atoms with Crippen LogP contribution in [-0.2, 0) is 0 Å². The number of rotatable bonds is 5. The van der Waals surface area contributed by atoms with Crippen LogP contribution in [0.3, 0.4) is 0 Å². The summed E-state index contributed by atoms with van der Waals surface area (Å²) in [6, 6.07) is -11.5. The van der Waals surface area contributed by atoms with E-state index in [1.807, 2.05) is 0 Å². The number of benzene rings is 8. The Morgan fingerprint density at radius 2 is 1.22 bits per heavy atom. The minimum atomic E-state index is -1.06. The molecule has 0 aliphatic heterocycles. The lowest BCUT2D eigenvalue weighted by atomic mass is 9.99. The third-order valence-electron chi connectivity index (χ3n) is 7.88. The second kappa shape index (κ2) is 11.2. The monoisotopic (exact) mass is 667 g/mol. The number of fused-ring (bicyclic) bond motifs is 8. The summed E-state index contributed by atoms with van der Waals surface area (Å²) in [5, 5.41) is -2.26. The van der Waals surface area contributed by atoms with Gasteiger partial charge in [-0.1, -0.05) is 127 Å². The number of furan rings is 1. The molecule has 0 fully saturated rings. The third kappa shape index (κ3) is 4.55. The first-order valence-corrected chi connectivity index (χ1v) is 15.5. The summed E-state index contributed by atoms with van der Waals surface area (Å²) in [5.41, 5.74) is -5.07. The molecule has 0 radical (unpaired) electrons. The van der Waals surface area contributed by atoms with Crippen LogP contribution in [0, 0.1) is 0 Å². The summed E-state index contributed by atoms with van der Waals surface area (Å²) < 4.78 is 223. The van der Waals surface area contributed by atoms with Crippen LogP contribution in [-0.4, -0.2) is 0 Å². The first-order valence-electron chi connectivity index (χ1n) is 26.6. The van der Waals surface area contributed by atoms with Gasteiger partial charge < -0.3 is 9.32 Å². The van der Waals surface area contributed by atoms with Gasteiger partial charge >= 0.3 is 0 Å². The standard InChI is InChI=1S/C46H29NOS/c1-2-11-31(12-3-1)35-14-6-8-17-40(35)47(41-18-10-19-42-45(41)39-28-23-32-13-4-5-15-36(32)46(39)48-42)34-25-21-30(22-26-34)33-24-27-38-37-16-7-9-20-43(37)49-44(38)29-33/h1-29H/i4D,5D,6D,7D,8D,9D,10D,13D,14D,15D,16D,17D,18D,19D,20D,21D,22D,23D,24D,25D,26D,27D,28D,29D. The summed E-state index contributed by atoms with van der Waals surface area (Å²) in [4.78, 5) is 0.728. The molecule has 3 heteroatoms. The molecule has 0 N–H and O–H groups in total. The van der Waals surface area contributed by atoms with Crippen LogP contribution in [0.15, 0.2) is 180 Å². The van der Waals surface area contributed by atoms with Crippen molar-refractivity contribution in [2.24, 2.45) is 0 Å². The van der Waals surface area contributed by atoms with Crippen LogP contribution in [0.25, 0.3) is 75.1 Å². The highest BCUT2D eigenvalue weighted by Crippen LogP contribution is 2.47. The van der Waals surface area contributed by atoms with Gasteiger partial charge in [0.15, 0.2) is 0 Å². The molecule has 0 saturated heterocycles. The molecular weight excluding hydrogens is 615 g/mol. The molecule has 49 heavy (non-hydrogen) atoms. The Hall–Kier alpha value is -6.16. The molecule has 2 nitrogen and oxygen atoms in total. The largest absolute Gasteiger partial charge is 0.455 e. The Morgan fingerprint density at radius 3 is 2.12 bits per heavy atom. The lowest BCUT2D eigenvalue weighted by Gasteiger charge is -2.28. The molecule has 0 amide bonds. The molecule has 230 valence electrons. The maximum absolute atomic E-state index is 9.77. The molecule has 8 aromatic carbocycles. The molecule has 0 spiro atoms. The van der Waals surface area contributed by atoms with Gasteiger partial charge in [0.1, 0.15) is 11.2 Å². The van der Waals surface area contributed by atoms with Gasteiger partial charge in [-0.25, -0.2) is 0 Å². The third-order valence-corrected chi connectivity index (χ3v) is 8.90. The molecule has 0 aliphatic carbocycles. The Bertz CT molecular complexity index is 4180. The lowest BCUT2D eigenvalue weighted by molar-refractivity contribution is 0.672. The molecule has 10 rings (SSSR count). The Kier molecular flexibility index (Phi) is 2.99. The van der Waals surface area contributed by atoms with Gasteiger partial charge in [0.05, 0.1) is 49.7 Å². The number of hydrogen-bond donors (Lipinski definition) is 0. The van der Waals surface area contributed by atoms with E-state index < -0.39 is 206 Å². The fourth-order valence-corrected chi connectivity index (χ4v) is 6.68. The highest BCUT2D eigenvalue weighted by molar-refractivity contribution is 7.25. The molecule has 10 aromatic rings. The fourth-order valence-electron chi connectivity index (χ4n) is 5.71. The highest BCUT2D eigenvalue weighted by atomic mass is 32.1. The predicted molar refractivity (Wildman–Crippen MR) is 210 cm³/mol. The van der Waals surface area contributed by atoms with E-state index in [0.717, 1.165) is 4.90 Å². The SMILES string of the molecule is [2H]c1c([2H])c([2H])c(N(c2c([2H])c([2H])c(-c3c([2H])c([2H])c4c(sc5c([2H])c([2H])c([2H])c([2H])c54)c3[2H])c([2H])c2[2H])c2c([2H])c([2H])c([2H])c3oc4c5c([2H])c([2H])c([2H])c([2H])c5c([2H])c([2H])c4c23)c(-c2ccccc2)c1[2H]. The van der Waals surface area contributed by atoms with E-state index in [1.165, 1.54) is 24.3 Å². The van der Waals surface area contributed by atoms with Gasteiger partial charge in [0.25, 0.3) is 0 Å². The van der Waals surface area contributed by atoms with Crippen molar-refractivity contribution in [3.63, 3.8) is 0 Å². The molecule has 0 unspecified atom stereocenters. The zero-order valence-corrected chi connectivity index (χ0v) is 25.5. The topological polar surface area (TPSA) is 16.4 Å². The summed E-state index contributed by atoms with van der Waals surface area (Å²) in [5.74, 6) is 0. The Labute approximate surface area is 321 Å². The van der Waals surface area contributed by atoms with Crippen LogP contribution >= 0.6 is 11.3 Å². The van der Waals surface area contributed by atoms with Crippen molar-refractivity contribution in [2.75, 3.05) is 4.90 Å². The van der Waals surface area contributed by atoms with Gasteiger partial charge in [-0.15, -0.1) is 11.3 Å². The normalized spacial score (nSPS) is 18.5. The zero-order chi connectivity index (χ0) is 53.2. The maximum Gasteiger partial charge on any atom is 0.143 e. The number of nitrogens with zero attached hydrogens (tertiary/aromatic N) is 1. The second-order valence-corrected chi connectivity index (χ2v) is 11.7. The van der Waals surface area contributed by atoms with Crippen LogP contribution in [0.2, 0.25) is 0 Å². The van der Waals surface area contributed by atoms with E-state index >= 15 is 0 Å². The zero-order valence-electron chi connectivity index (χ0n) is 48.7. The molecular formula is C46H29NOS. The summed E-state index contributed by atoms with van der Waals surface area (Å²) in [7, 11) is 0. The minimum Gasteiger partial charge on any atom is -0.455 e. The quantitative estimate of drug-likeness (QED) is 0.182. The van der Waals surface area contributed by atoms with E-state index in [4.69, 9.17) is 23.6 Å². The van der Waals surface area contributed by atoms with Crippen molar-refractivity contribution >= 4 is 81.3 Å². The second-order valence-electron chi connectivity index (χ2n) is 10.6. The number of thiophene rings is 1. The van der Waals surface area contributed by atoms with E-state index in [2.05, 4.69) is 0 Å². The molecule has 0 aliphatic rings. The average molecular weight is 668 g/mol. The number of anilines is 3. The average Bonchev–Trinajstić information content (AvgIpc) is 3.98. The van der Waals surface area contributed by atoms with Gasteiger partial charge in [-0.05, 0) is 70.4 Å². The van der Waals surface area contributed by atoms with Crippen LogP contribution in [0.5, 0.6) is 0 Å². The van der Waals surface area contributed by atoms with Crippen molar-refractivity contribution in [1.82, 2.24) is 0 Å². The van der Waals surface area contributed by atoms with Crippen molar-refractivity contribution in [1.29, 1.82) is 0 Å². The van der Waals surface area contributed by atoms with Crippen molar-refractivity contribution < 1.29 is 37.3 Å². The van der Waals surface area contributed by atoms with Gasteiger partial charge in [-0.3, -0.25) is 0 Å². The van der Waals surface area contributed by atoms with Crippen LogP contribution in [0.4, 0.5) is 17.1 Å². The Balaban J connectivity index is 1.42. The van der Waals surface area contributed by atoms with E-state index in [0.29, 0.717) is 11.3 Å². The molecule has 0 bridgehead atoms. The van der Waals surface area contributed by atoms with Gasteiger partial charge in [0, 0.05) is 42.2 Å². The smallest absolute Gasteiger partial charge is 0.143 e. The van der Waals surface area contributed by atoms with Crippen molar-refractivity contribution in [3.05, 3.63) is 175 Å². The predicted octanol–water partition coefficient (Wildman–Crippen LogP) is 13.9. The lowest BCUT2D eigenvalue weighted by Crippen LogP contribution is -2.11. The molecule has 2 heterocycles. The first kappa shape index (κ1) is 13.0. The van der Waals surface area contributed by atoms with Gasteiger partial charge in [-0.2, -0.15) is 0 Å². The maximum atomic E-state index is 9.77. The minimum absolute atomic E-state index is 0.0507. The van der Waals surface area contributed by atoms with Gasteiger partial charge in [0.2, 0.25) is 0 Å². The molecule has 0 saturated carbocycles. The molecule has 0 atom stereocenters. The van der Waals surface area contributed by atoms with Crippen LogP contribution < -0.4 is 4.90 Å². The van der Waals surface area contributed by atoms with Crippen molar-refractivity contribution in [3.8, 4) is 22.3 Å². The highest BCUT2D eigenvalue weighted by Gasteiger charge is 2.22. The Morgan fingerprint density at radius 1 is 0.510 bits per heavy atom. The summed E-state index contributed by atoms with van der Waals surface area (Å²) in [6.45, 7) is 0. The van der Waals surface area contributed by atoms with E-state index in [-0.39, 0.29) is 31.3 Å². The number of para-hydroxylation sites is 1. The summed E-state index contributed by atoms with van der Waals surface area (Å²) in [6.07, 6.45) is 0. The van der Waals surface area contributed by atoms with E-state index in [9.17, 15) is 13.7 Å². The fraction of sp³-hybridized carbons (Fsp3) is 0. The molecule has 2 aromatic heterocycles. The van der Waals surface area contributed by atoms with E-state index in [1.54, 1.807) is 6.07 Å². The van der Waals surface area contributed by atoms with Crippen LogP contribution in [0.1, 0.15) is 32.9 Å².